The maximum atomic E-state index is 15.0. The number of hydrogen-bond acceptors (Lipinski definition) is 5. The van der Waals surface area contributed by atoms with Crippen LogP contribution in [0.1, 0.15) is 17.2 Å². The predicted octanol–water partition coefficient (Wildman–Crippen LogP) is 1.80. The lowest BCUT2D eigenvalue weighted by Crippen LogP contribution is -2.48. The Morgan fingerprint density at radius 3 is 2.81 bits per heavy atom. The first-order chi connectivity index (χ1) is 15.0. The third-order valence-electron chi connectivity index (χ3n) is 5.79. The minimum absolute atomic E-state index is 0.0346. The van der Waals surface area contributed by atoms with Crippen molar-refractivity contribution < 1.29 is 9.18 Å². The molecular formula is C22H20FN7O. The summed E-state index contributed by atoms with van der Waals surface area (Å²) in [5, 5.41) is 9.67. The molecule has 1 saturated heterocycles. The van der Waals surface area contributed by atoms with Crippen LogP contribution in [-0.2, 0) is 11.8 Å². The largest absolute Gasteiger partial charge is 0.344 e. The zero-order valence-corrected chi connectivity index (χ0v) is 17.2. The van der Waals surface area contributed by atoms with Gasteiger partial charge in [-0.2, -0.15) is 5.10 Å². The highest BCUT2D eigenvalue weighted by molar-refractivity contribution is 5.82. The number of aryl methyl sites for hydroxylation is 1. The van der Waals surface area contributed by atoms with Gasteiger partial charge in [-0.05, 0) is 18.2 Å². The Hall–Kier alpha value is -3.93. The predicted molar refractivity (Wildman–Crippen MR) is 114 cm³/mol. The van der Waals surface area contributed by atoms with Crippen molar-refractivity contribution in [3.8, 4) is 12.3 Å². The van der Waals surface area contributed by atoms with Crippen molar-refractivity contribution in [2.24, 2.45) is 7.05 Å². The van der Waals surface area contributed by atoms with Crippen molar-refractivity contribution in [1.29, 1.82) is 0 Å². The second-order valence-corrected chi connectivity index (χ2v) is 7.68. The average molecular weight is 417 g/mol. The number of fused-ring (bicyclic) bond motifs is 2. The number of nitrogens with zero attached hydrogens (tertiary/aromatic N) is 7. The van der Waals surface area contributed by atoms with Gasteiger partial charge in [0.1, 0.15) is 11.6 Å². The molecule has 0 bridgehead atoms. The molecule has 31 heavy (non-hydrogen) atoms. The van der Waals surface area contributed by atoms with Gasteiger partial charge in [-0.15, -0.1) is 11.5 Å². The molecule has 0 spiro atoms. The first kappa shape index (κ1) is 19.1. The van der Waals surface area contributed by atoms with Crippen LogP contribution in [-0.4, -0.2) is 61.9 Å². The van der Waals surface area contributed by atoms with Crippen LogP contribution in [0.5, 0.6) is 0 Å². The number of carbonyl (C=O) groups excluding carboxylic acids is 1. The fourth-order valence-electron chi connectivity index (χ4n) is 3.95. The van der Waals surface area contributed by atoms with Gasteiger partial charge in [0.05, 0.1) is 36.1 Å². The summed E-state index contributed by atoms with van der Waals surface area (Å²) >= 11 is 0. The first-order valence-corrected chi connectivity index (χ1v) is 9.87. The molecule has 1 aliphatic rings. The molecule has 1 fully saturated rings. The molecule has 0 aliphatic carbocycles. The molecule has 5 rings (SSSR count). The lowest BCUT2D eigenvalue weighted by molar-refractivity contribution is -0.129. The molecular weight excluding hydrogens is 397 g/mol. The second-order valence-electron chi connectivity index (χ2n) is 7.68. The van der Waals surface area contributed by atoms with E-state index >= 15 is 4.39 Å². The monoisotopic (exact) mass is 417 g/mol. The summed E-state index contributed by atoms with van der Waals surface area (Å²) in [5.74, 6) is 2.28. The lowest BCUT2D eigenvalue weighted by atomic mass is 9.95. The highest BCUT2D eigenvalue weighted by Gasteiger charge is 2.25. The number of amides is 1. The van der Waals surface area contributed by atoms with Gasteiger partial charge < -0.3 is 9.80 Å². The Bertz CT molecular complexity index is 1370. The van der Waals surface area contributed by atoms with Crippen molar-refractivity contribution in [2.45, 2.75) is 5.92 Å². The molecule has 9 heteroatoms. The number of aromatic nitrogens is 5. The van der Waals surface area contributed by atoms with E-state index in [9.17, 15) is 4.79 Å². The van der Waals surface area contributed by atoms with E-state index in [1.54, 1.807) is 46.7 Å². The summed E-state index contributed by atoms with van der Waals surface area (Å²) in [6.07, 6.45) is 9.16. The number of carbonyl (C=O) groups is 1. The van der Waals surface area contributed by atoms with Gasteiger partial charge in [-0.3, -0.25) is 9.48 Å². The Balaban J connectivity index is 1.58. The molecule has 4 aromatic rings. The minimum Gasteiger partial charge on any atom is -0.344 e. The summed E-state index contributed by atoms with van der Waals surface area (Å²) < 4.78 is 18.3. The van der Waals surface area contributed by atoms with Crippen LogP contribution in [0.2, 0.25) is 0 Å². The topological polar surface area (TPSA) is 71.6 Å². The summed E-state index contributed by atoms with van der Waals surface area (Å²) in [6, 6.07) is 6.82. The van der Waals surface area contributed by atoms with Crippen molar-refractivity contribution in [2.75, 3.05) is 31.6 Å². The fourth-order valence-corrected chi connectivity index (χ4v) is 3.95. The van der Waals surface area contributed by atoms with Crippen LogP contribution >= 0.6 is 0 Å². The summed E-state index contributed by atoms with van der Waals surface area (Å²) in [5.41, 5.74) is 2.24. The van der Waals surface area contributed by atoms with Crippen LogP contribution in [0.4, 0.5) is 10.2 Å². The quantitative estimate of drug-likeness (QED) is 0.476. The summed E-state index contributed by atoms with van der Waals surface area (Å²) in [4.78, 5) is 20.1. The Morgan fingerprint density at radius 2 is 2.03 bits per heavy atom. The average Bonchev–Trinajstić information content (AvgIpc) is 3.34. The van der Waals surface area contributed by atoms with E-state index in [2.05, 4.69) is 21.1 Å². The highest BCUT2D eigenvalue weighted by Crippen LogP contribution is 2.30. The van der Waals surface area contributed by atoms with Crippen LogP contribution in [0.15, 0.2) is 36.7 Å². The van der Waals surface area contributed by atoms with Crippen molar-refractivity contribution in [3.05, 3.63) is 53.7 Å². The molecule has 1 aliphatic heterocycles. The molecule has 156 valence electrons. The Labute approximate surface area is 177 Å². The van der Waals surface area contributed by atoms with Crippen molar-refractivity contribution in [1.82, 2.24) is 29.3 Å². The molecule has 1 aromatic carbocycles. The number of likely N-dealkylation sites (N-methyl/N-ethyl adjacent to an activating group) is 1. The zero-order chi connectivity index (χ0) is 21.7. The number of benzene rings is 1. The van der Waals surface area contributed by atoms with E-state index < -0.39 is 11.7 Å². The van der Waals surface area contributed by atoms with Gasteiger partial charge in [-0.25, -0.2) is 13.9 Å². The Morgan fingerprint density at radius 1 is 1.19 bits per heavy atom. The molecule has 1 atom stereocenters. The molecule has 3 aromatic heterocycles. The van der Waals surface area contributed by atoms with Gasteiger partial charge in [0, 0.05) is 44.2 Å². The number of hydrogen-bond donors (Lipinski definition) is 0. The SMILES string of the molecule is C#C[C@@H](c1cc2cnn(C)c2cc1F)c1cnc2ccc(N3CCN(C)C(=O)C3)nn12. The maximum Gasteiger partial charge on any atom is 0.241 e. The highest BCUT2D eigenvalue weighted by atomic mass is 19.1. The number of terminal acetylenes is 1. The Kier molecular flexibility index (Phi) is 4.36. The summed E-state index contributed by atoms with van der Waals surface area (Å²) in [7, 11) is 3.55. The normalized spacial score (nSPS) is 15.6. The first-order valence-electron chi connectivity index (χ1n) is 9.87. The number of imidazole rings is 1. The van der Waals surface area contributed by atoms with Crippen LogP contribution in [0.3, 0.4) is 0 Å². The van der Waals surface area contributed by atoms with Gasteiger partial charge in [0.2, 0.25) is 5.91 Å². The molecule has 0 N–H and O–H groups in total. The molecule has 4 heterocycles. The molecule has 0 saturated carbocycles. The van der Waals surface area contributed by atoms with E-state index in [-0.39, 0.29) is 12.5 Å². The van der Waals surface area contributed by atoms with E-state index in [0.29, 0.717) is 41.3 Å². The third kappa shape index (κ3) is 3.08. The second kappa shape index (κ2) is 7.09. The third-order valence-corrected chi connectivity index (χ3v) is 5.79. The van der Waals surface area contributed by atoms with E-state index in [1.165, 1.54) is 6.07 Å². The number of piperazine rings is 1. The smallest absolute Gasteiger partial charge is 0.241 e. The van der Waals surface area contributed by atoms with Crippen LogP contribution < -0.4 is 4.90 Å². The van der Waals surface area contributed by atoms with Gasteiger partial charge in [-0.1, -0.05) is 5.92 Å². The zero-order valence-electron chi connectivity index (χ0n) is 17.2. The standard InChI is InChI=1S/C22H20FN7O/c1-4-15(16-9-14-11-25-28(3)18(14)10-17(16)23)19-12-24-20-5-6-21(26-30(19)20)29-8-7-27(2)22(31)13-29/h1,5-6,9-12,15H,7-8,13H2,2-3H3/t15-/m0/s1. The molecule has 0 unspecified atom stereocenters. The van der Waals surface area contributed by atoms with Crippen LogP contribution in [0.25, 0.3) is 16.6 Å². The molecule has 8 nitrogen and oxygen atoms in total. The molecule has 0 radical (unpaired) electrons. The van der Waals surface area contributed by atoms with Crippen molar-refractivity contribution in [3.63, 3.8) is 0 Å². The van der Waals surface area contributed by atoms with Crippen LogP contribution in [0, 0.1) is 18.2 Å². The minimum atomic E-state index is -0.684. The lowest BCUT2D eigenvalue weighted by Gasteiger charge is -2.32. The maximum absolute atomic E-state index is 15.0. The molecule has 1 amide bonds. The van der Waals surface area contributed by atoms with Gasteiger partial charge in [0.25, 0.3) is 0 Å². The van der Waals surface area contributed by atoms with E-state index in [0.717, 1.165) is 5.39 Å². The van der Waals surface area contributed by atoms with Crippen molar-refractivity contribution >= 4 is 28.3 Å². The number of anilines is 1. The summed E-state index contributed by atoms with van der Waals surface area (Å²) in [6.45, 7) is 1.55. The van der Waals surface area contributed by atoms with Gasteiger partial charge in [0.15, 0.2) is 5.65 Å². The van der Waals surface area contributed by atoms with E-state index in [4.69, 9.17) is 6.42 Å². The number of halogens is 1. The van der Waals surface area contributed by atoms with Gasteiger partial charge >= 0.3 is 0 Å². The fraction of sp³-hybridized carbons (Fsp3) is 0.273. The van der Waals surface area contributed by atoms with E-state index in [1.807, 2.05) is 17.0 Å². The number of rotatable bonds is 3.